The number of amides is 2. The van der Waals surface area contributed by atoms with E-state index in [0.717, 1.165) is 0 Å². The Hall–Kier alpha value is -1.59. The molecule has 0 rings (SSSR count). The maximum atomic E-state index is 11.7. The zero-order valence-electron chi connectivity index (χ0n) is 10.4. The average Bonchev–Trinajstić information content (AvgIpc) is 2.08. The molecule has 0 saturated carbocycles. The van der Waals surface area contributed by atoms with E-state index in [9.17, 15) is 14.4 Å². The van der Waals surface area contributed by atoms with Crippen LogP contribution in [0.4, 0.5) is 0 Å². The highest BCUT2D eigenvalue weighted by Crippen LogP contribution is 2.26. The normalized spacial score (nSPS) is 12.9. The third kappa shape index (κ3) is 5.89. The van der Waals surface area contributed by atoms with Gasteiger partial charge in [-0.3, -0.25) is 14.4 Å². The number of rotatable bonds is 6. The number of nitrogens with one attached hydrogen (secondary N) is 1. The molecule has 17 heavy (non-hydrogen) atoms. The molecule has 6 nitrogen and oxygen atoms in total. The van der Waals surface area contributed by atoms with E-state index in [-0.39, 0.29) is 13.0 Å². The van der Waals surface area contributed by atoms with Crippen molar-refractivity contribution in [2.24, 2.45) is 17.1 Å². The predicted octanol–water partition coefficient (Wildman–Crippen LogP) is 0.115. The largest absolute Gasteiger partial charge is 0.481 e. The molecule has 0 aromatic rings. The maximum Gasteiger partial charge on any atom is 0.316 e. The first-order valence-electron chi connectivity index (χ1n) is 5.45. The van der Waals surface area contributed by atoms with Crippen LogP contribution in [-0.2, 0) is 14.4 Å². The fourth-order valence-corrected chi connectivity index (χ4v) is 1.45. The SMILES string of the molecule is CC(C)(C)C(C(=O)O)C(=O)NCCCC(N)=O. The topological polar surface area (TPSA) is 109 Å². The highest BCUT2D eigenvalue weighted by Gasteiger charge is 2.37. The molecule has 0 saturated heterocycles. The summed E-state index contributed by atoms with van der Waals surface area (Å²) in [5.74, 6) is -3.22. The molecule has 0 spiro atoms. The molecule has 0 radical (unpaired) electrons. The lowest BCUT2D eigenvalue weighted by atomic mass is 9.80. The summed E-state index contributed by atoms with van der Waals surface area (Å²) in [7, 11) is 0. The van der Waals surface area contributed by atoms with E-state index in [0.29, 0.717) is 6.42 Å². The number of carbonyl (C=O) groups is 3. The molecule has 2 amide bonds. The van der Waals surface area contributed by atoms with Crippen molar-refractivity contribution in [1.82, 2.24) is 5.32 Å². The summed E-state index contributed by atoms with van der Waals surface area (Å²) >= 11 is 0. The molecular formula is C11H20N2O4. The van der Waals surface area contributed by atoms with Gasteiger partial charge < -0.3 is 16.2 Å². The van der Waals surface area contributed by atoms with E-state index in [1.165, 1.54) is 0 Å². The van der Waals surface area contributed by atoms with Crippen molar-refractivity contribution in [3.05, 3.63) is 0 Å². The Morgan fingerprint density at radius 3 is 2.18 bits per heavy atom. The van der Waals surface area contributed by atoms with Gasteiger partial charge in [0.05, 0.1) is 0 Å². The van der Waals surface area contributed by atoms with Crippen LogP contribution in [0.25, 0.3) is 0 Å². The summed E-state index contributed by atoms with van der Waals surface area (Å²) in [6.45, 7) is 5.32. The van der Waals surface area contributed by atoms with Gasteiger partial charge in [-0.05, 0) is 11.8 Å². The summed E-state index contributed by atoms with van der Waals surface area (Å²) in [5, 5.41) is 11.5. The highest BCUT2D eigenvalue weighted by atomic mass is 16.4. The van der Waals surface area contributed by atoms with Crippen LogP contribution in [-0.4, -0.2) is 29.4 Å². The van der Waals surface area contributed by atoms with Crippen LogP contribution < -0.4 is 11.1 Å². The van der Waals surface area contributed by atoms with Crippen LogP contribution in [0, 0.1) is 11.3 Å². The zero-order chi connectivity index (χ0) is 13.6. The second kappa shape index (κ2) is 6.22. The zero-order valence-corrected chi connectivity index (χ0v) is 10.4. The number of carboxylic acids is 1. The molecule has 0 fully saturated rings. The van der Waals surface area contributed by atoms with E-state index in [1.54, 1.807) is 20.8 Å². The Kier molecular flexibility index (Phi) is 5.64. The van der Waals surface area contributed by atoms with E-state index < -0.39 is 29.1 Å². The second-order valence-electron chi connectivity index (χ2n) is 5.00. The molecule has 0 bridgehead atoms. The van der Waals surface area contributed by atoms with Crippen LogP contribution in [0.2, 0.25) is 0 Å². The average molecular weight is 244 g/mol. The molecule has 1 unspecified atom stereocenters. The summed E-state index contributed by atoms with van der Waals surface area (Å²) in [5.41, 5.74) is 4.29. The molecule has 0 aromatic heterocycles. The molecule has 0 aliphatic heterocycles. The van der Waals surface area contributed by atoms with Crippen LogP contribution in [0.3, 0.4) is 0 Å². The first-order chi connectivity index (χ1) is 7.66. The standard InChI is InChI=1S/C11H20N2O4/c1-11(2,3)8(10(16)17)9(15)13-6-4-5-7(12)14/h8H,4-6H2,1-3H3,(H2,12,14)(H,13,15)(H,16,17). The molecule has 0 aliphatic rings. The molecule has 0 aromatic carbocycles. The van der Waals surface area contributed by atoms with E-state index in [4.69, 9.17) is 10.8 Å². The van der Waals surface area contributed by atoms with Crippen molar-refractivity contribution in [3.8, 4) is 0 Å². The van der Waals surface area contributed by atoms with Crippen molar-refractivity contribution in [2.75, 3.05) is 6.54 Å². The highest BCUT2D eigenvalue weighted by molar-refractivity contribution is 5.97. The van der Waals surface area contributed by atoms with Crippen LogP contribution in [0.5, 0.6) is 0 Å². The molecular weight excluding hydrogens is 224 g/mol. The number of nitrogens with two attached hydrogens (primary N) is 1. The van der Waals surface area contributed by atoms with Crippen LogP contribution in [0.15, 0.2) is 0 Å². The minimum absolute atomic E-state index is 0.174. The molecule has 0 heterocycles. The summed E-state index contributed by atoms with van der Waals surface area (Å²) in [6, 6.07) is 0. The quantitative estimate of drug-likeness (QED) is 0.455. The molecule has 98 valence electrons. The van der Waals surface area contributed by atoms with Gasteiger partial charge in [0.15, 0.2) is 0 Å². The smallest absolute Gasteiger partial charge is 0.316 e. The first-order valence-corrected chi connectivity index (χ1v) is 5.45. The monoisotopic (exact) mass is 244 g/mol. The van der Waals surface area contributed by atoms with Crippen molar-refractivity contribution in [3.63, 3.8) is 0 Å². The lowest BCUT2D eigenvalue weighted by Crippen LogP contribution is -2.43. The van der Waals surface area contributed by atoms with Crippen LogP contribution in [0.1, 0.15) is 33.6 Å². The van der Waals surface area contributed by atoms with Gasteiger partial charge in [-0.1, -0.05) is 20.8 Å². The third-order valence-electron chi connectivity index (χ3n) is 2.27. The Balaban J connectivity index is 4.27. The Labute approximate surface area is 101 Å². The van der Waals surface area contributed by atoms with Crippen molar-refractivity contribution >= 4 is 17.8 Å². The van der Waals surface area contributed by atoms with E-state index in [1.807, 2.05) is 0 Å². The number of carboxylic acid groups (broad SMARTS) is 1. The summed E-state index contributed by atoms with van der Waals surface area (Å²) < 4.78 is 0. The minimum atomic E-state index is -1.15. The van der Waals surface area contributed by atoms with Crippen molar-refractivity contribution in [1.29, 1.82) is 0 Å². The fourth-order valence-electron chi connectivity index (χ4n) is 1.45. The Morgan fingerprint density at radius 2 is 1.82 bits per heavy atom. The lowest BCUT2D eigenvalue weighted by molar-refractivity contribution is -0.151. The van der Waals surface area contributed by atoms with Gasteiger partial charge in [-0.25, -0.2) is 0 Å². The molecule has 1 atom stereocenters. The van der Waals surface area contributed by atoms with Crippen molar-refractivity contribution < 1.29 is 19.5 Å². The number of primary amides is 1. The van der Waals surface area contributed by atoms with Gasteiger partial charge in [0.1, 0.15) is 5.92 Å². The van der Waals surface area contributed by atoms with Gasteiger partial charge in [0.2, 0.25) is 11.8 Å². The predicted molar refractivity (Wildman–Crippen MR) is 62.0 cm³/mol. The number of aliphatic carboxylic acids is 1. The third-order valence-corrected chi connectivity index (χ3v) is 2.27. The van der Waals surface area contributed by atoms with E-state index >= 15 is 0 Å². The Bertz CT molecular complexity index is 307. The number of hydrogen-bond donors (Lipinski definition) is 3. The van der Waals surface area contributed by atoms with Gasteiger partial charge in [0, 0.05) is 13.0 Å². The maximum absolute atomic E-state index is 11.7. The second-order valence-corrected chi connectivity index (χ2v) is 5.00. The van der Waals surface area contributed by atoms with Gasteiger partial charge in [-0.2, -0.15) is 0 Å². The van der Waals surface area contributed by atoms with Gasteiger partial charge in [-0.15, -0.1) is 0 Å². The molecule has 0 aliphatic carbocycles. The van der Waals surface area contributed by atoms with Crippen LogP contribution >= 0.6 is 0 Å². The molecule has 4 N–H and O–H groups in total. The van der Waals surface area contributed by atoms with Gasteiger partial charge in [0.25, 0.3) is 0 Å². The minimum Gasteiger partial charge on any atom is -0.481 e. The first kappa shape index (κ1) is 15.4. The summed E-state index contributed by atoms with van der Waals surface area (Å²) in [6.07, 6.45) is 0.588. The fraction of sp³-hybridized carbons (Fsp3) is 0.727. The lowest BCUT2D eigenvalue weighted by Gasteiger charge is -2.25. The number of carbonyl (C=O) groups excluding carboxylic acids is 2. The Morgan fingerprint density at radius 1 is 1.29 bits per heavy atom. The van der Waals surface area contributed by atoms with Gasteiger partial charge >= 0.3 is 5.97 Å². The number of hydrogen-bond acceptors (Lipinski definition) is 3. The van der Waals surface area contributed by atoms with Crippen molar-refractivity contribution in [2.45, 2.75) is 33.6 Å². The van der Waals surface area contributed by atoms with E-state index in [2.05, 4.69) is 5.32 Å². The summed E-state index contributed by atoms with van der Waals surface area (Å²) in [4.78, 5) is 33.1. The molecule has 6 heteroatoms.